The minimum absolute atomic E-state index is 0.172. The maximum atomic E-state index is 5.92. The van der Waals surface area contributed by atoms with Crippen LogP contribution in [0, 0.1) is 0 Å². The van der Waals surface area contributed by atoms with Gasteiger partial charge in [-0.15, -0.1) is 0 Å². The van der Waals surface area contributed by atoms with Crippen LogP contribution in [0.3, 0.4) is 0 Å². The number of nitrogens with zero attached hydrogens (tertiary/aromatic N) is 1. The van der Waals surface area contributed by atoms with Gasteiger partial charge in [-0.3, -0.25) is 0 Å². The number of hydrogen-bond acceptors (Lipinski definition) is 3. The molecule has 0 aliphatic carbocycles. The molecule has 27 heavy (non-hydrogen) atoms. The molecule has 1 atom stereocenters. The third-order valence-electron chi connectivity index (χ3n) is 4.79. The van der Waals surface area contributed by atoms with Crippen molar-refractivity contribution in [3.8, 4) is 0 Å². The van der Waals surface area contributed by atoms with Gasteiger partial charge in [0.25, 0.3) is 0 Å². The molecule has 0 aliphatic heterocycles. The van der Waals surface area contributed by atoms with Gasteiger partial charge in [0.1, 0.15) is 0 Å². The zero-order chi connectivity index (χ0) is 18.8. The van der Waals surface area contributed by atoms with Crippen molar-refractivity contribution in [2.75, 3.05) is 10.6 Å². The number of nitrogen functional groups attached to an aromatic ring is 1. The Morgan fingerprint density at radius 2 is 1.33 bits per heavy atom. The van der Waals surface area contributed by atoms with Crippen molar-refractivity contribution in [1.29, 1.82) is 0 Å². The van der Waals surface area contributed by atoms with Crippen LogP contribution in [-0.4, -0.2) is 0 Å². The second-order valence-corrected chi connectivity index (χ2v) is 7.43. The van der Waals surface area contributed by atoms with E-state index >= 15 is 0 Å². The highest BCUT2D eigenvalue weighted by molar-refractivity contribution is 7.80. The fourth-order valence-corrected chi connectivity index (χ4v) is 3.73. The quantitative estimate of drug-likeness (QED) is 0.303. The molecule has 0 spiro atoms. The van der Waals surface area contributed by atoms with E-state index in [1.54, 1.807) is 0 Å². The number of rotatable bonds is 4. The van der Waals surface area contributed by atoms with Crippen LogP contribution >= 0.6 is 12.6 Å². The Hall–Kier alpha value is -2.91. The molecule has 0 saturated heterocycles. The lowest BCUT2D eigenvalue weighted by Gasteiger charge is -2.27. The SMILES string of the molecule is CC(S)c1cccc2c(N(c3ccccc3)c3ccc(N)cc3)cccc12. The minimum Gasteiger partial charge on any atom is -0.399 e. The normalized spacial score (nSPS) is 12.1. The molecule has 4 rings (SSSR count). The van der Waals surface area contributed by atoms with Gasteiger partial charge in [0.05, 0.1) is 5.69 Å². The number of thiol groups is 1. The second-order valence-electron chi connectivity index (χ2n) is 6.66. The molecule has 4 aromatic rings. The summed E-state index contributed by atoms with van der Waals surface area (Å²) in [5.74, 6) is 0. The van der Waals surface area contributed by atoms with E-state index in [2.05, 4.69) is 97.2 Å². The van der Waals surface area contributed by atoms with Crippen LogP contribution in [0.1, 0.15) is 17.7 Å². The molecule has 0 bridgehead atoms. The summed E-state index contributed by atoms with van der Waals surface area (Å²) < 4.78 is 0. The second kappa shape index (κ2) is 7.37. The van der Waals surface area contributed by atoms with Gasteiger partial charge in [0, 0.05) is 27.7 Å². The van der Waals surface area contributed by atoms with Crippen molar-refractivity contribution < 1.29 is 0 Å². The van der Waals surface area contributed by atoms with E-state index in [4.69, 9.17) is 5.73 Å². The van der Waals surface area contributed by atoms with Crippen molar-refractivity contribution in [3.05, 3.63) is 96.6 Å². The fourth-order valence-electron chi connectivity index (χ4n) is 3.50. The Morgan fingerprint density at radius 3 is 2.04 bits per heavy atom. The van der Waals surface area contributed by atoms with Crippen molar-refractivity contribution in [3.63, 3.8) is 0 Å². The summed E-state index contributed by atoms with van der Waals surface area (Å²) in [6.45, 7) is 2.11. The van der Waals surface area contributed by atoms with Crippen LogP contribution in [0.15, 0.2) is 91.0 Å². The Morgan fingerprint density at radius 1 is 0.704 bits per heavy atom. The molecular weight excluding hydrogens is 348 g/mol. The monoisotopic (exact) mass is 370 g/mol. The molecule has 4 aromatic carbocycles. The minimum atomic E-state index is 0.172. The molecule has 0 heterocycles. The van der Waals surface area contributed by atoms with Gasteiger partial charge in [0.2, 0.25) is 0 Å². The molecule has 134 valence electrons. The van der Waals surface area contributed by atoms with Gasteiger partial charge in [-0.05, 0) is 60.3 Å². The van der Waals surface area contributed by atoms with Crippen molar-refractivity contribution in [2.24, 2.45) is 0 Å². The lowest BCUT2D eigenvalue weighted by Crippen LogP contribution is -2.10. The predicted molar refractivity (Wildman–Crippen MR) is 120 cm³/mol. The van der Waals surface area contributed by atoms with Crippen LogP contribution in [0.2, 0.25) is 0 Å². The third-order valence-corrected chi connectivity index (χ3v) is 5.07. The first-order chi connectivity index (χ1) is 13.1. The van der Waals surface area contributed by atoms with E-state index in [1.165, 1.54) is 16.3 Å². The molecule has 0 radical (unpaired) electrons. The number of para-hydroxylation sites is 1. The average molecular weight is 371 g/mol. The van der Waals surface area contributed by atoms with Gasteiger partial charge in [-0.2, -0.15) is 12.6 Å². The predicted octanol–water partition coefficient (Wildman–Crippen LogP) is 6.88. The van der Waals surface area contributed by atoms with Crippen LogP contribution < -0.4 is 10.6 Å². The lowest BCUT2D eigenvalue weighted by molar-refractivity contribution is 1.13. The van der Waals surface area contributed by atoms with E-state index in [-0.39, 0.29) is 5.25 Å². The number of benzene rings is 4. The number of fused-ring (bicyclic) bond motifs is 1. The highest BCUT2D eigenvalue weighted by Gasteiger charge is 2.16. The maximum absolute atomic E-state index is 5.92. The summed E-state index contributed by atoms with van der Waals surface area (Å²) in [6.07, 6.45) is 0. The van der Waals surface area contributed by atoms with Gasteiger partial charge < -0.3 is 10.6 Å². The Bertz CT molecular complexity index is 1060. The van der Waals surface area contributed by atoms with Crippen molar-refractivity contribution >= 4 is 46.2 Å². The molecular formula is C24H22N2S. The highest BCUT2D eigenvalue weighted by atomic mass is 32.1. The summed E-state index contributed by atoms with van der Waals surface area (Å²) in [7, 11) is 0. The topological polar surface area (TPSA) is 29.3 Å². The zero-order valence-corrected chi connectivity index (χ0v) is 16.1. The van der Waals surface area contributed by atoms with Crippen molar-refractivity contribution in [2.45, 2.75) is 12.2 Å². The van der Waals surface area contributed by atoms with E-state index < -0.39 is 0 Å². The summed E-state index contributed by atoms with van der Waals surface area (Å²) >= 11 is 4.67. The standard InChI is InChI=1S/C24H22N2S/c1-17(27)21-9-5-11-23-22(21)10-6-12-24(23)26(19-7-3-2-4-8-19)20-15-13-18(25)14-16-20/h2-17,27H,25H2,1H3. The first-order valence-electron chi connectivity index (χ1n) is 9.05. The van der Waals surface area contributed by atoms with E-state index in [0.717, 1.165) is 22.7 Å². The average Bonchev–Trinajstić information content (AvgIpc) is 2.70. The van der Waals surface area contributed by atoms with Crippen LogP contribution in [-0.2, 0) is 0 Å². The first-order valence-corrected chi connectivity index (χ1v) is 9.57. The van der Waals surface area contributed by atoms with E-state index in [9.17, 15) is 0 Å². The molecule has 0 aliphatic rings. The Balaban J connectivity index is 1.98. The molecule has 2 N–H and O–H groups in total. The summed E-state index contributed by atoms with van der Waals surface area (Å²) in [5, 5.41) is 2.61. The van der Waals surface area contributed by atoms with Gasteiger partial charge in [-0.25, -0.2) is 0 Å². The van der Waals surface area contributed by atoms with E-state index in [1.807, 2.05) is 18.2 Å². The molecule has 1 unspecified atom stereocenters. The van der Waals surface area contributed by atoms with Gasteiger partial charge in [0.15, 0.2) is 0 Å². The fraction of sp³-hybridized carbons (Fsp3) is 0.0833. The largest absolute Gasteiger partial charge is 0.399 e. The smallest absolute Gasteiger partial charge is 0.0540 e. The molecule has 0 fully saturated rings. The summed E-state index contributed by atoms with van der Waals surface area (Å²) in [4.78, 5) is 2.27. The first kappa shape index (κ1) is 17.5. The number of nitrogens with two attached hydrogens (primary N) is 1. The van der Waals surface area contributed by atoms with Gasteiger partial charge in [-0.1, -0.05) is 48.5 Å². The number of anilines is 4. The summed E-state index contributed by atoms with van der Waals surface area (Å²) in [5.41, 5.74) is 11.2. The number of hydrogen-bond donors (Lipinski definition) is 2. The van der Waals surface area contributed by atoms with Crippen LogP contribution in [0.5, 0.6) is 0 Å². The van der Waals surface area contributed by atoms with Crippen LogP contribution in [0.25, 0.3) is 10.8 Å². The van der Waals surface area contributed by atoms with Gasteiger partial charge >= 0.3 is 0 Å². The Labute approximate surface area is 165 Å². The summed E-state index contributed by atoms with van der Waals surface area (Å²) in [6, 6.07) is 31.3. The molecule has 0 aromatic heterocycles. The van der Waals surface area contributed by atoms with E-state index in [0.29, 0.717) is 0 Å². The van der Waals surface area contributed by atoms with Crippen LogP contribution in [0.4, 0.5) is 22.7 Å². The molecule has 0 saturated carbocycles. The lowest BCUT2D eigenvalue weighted by atomic mass is 10.00. The highest BCUT2D eigenvalue weighted by Crippen LogP contribution is 2.40. The Kier molecular flexibility index (Phi) is 4.78. The maximum Gasteiger partial charge on any atom is 0.0540 e. The molecule has 3 heteroatoms. The zero-order valence-electron chi connectivity index (χ0n) is 15.2. The molecule has 2 nitrogen and oxygen atoms in total. The van der Waals surface area contributed by atoms with Crippen molar-refractivity contribution in [1.82, 2.24) is 0 Å². The third kappa shape index (κ3) is 3.38. The molecule has 0 amide bonds.